The number of benzene rings is 1. The first-order valence-corrected chi connectivity index (χ1v) is 6.65. The van der Waals surface area contributed by atoms with Crippen LogP contribution < -0.4 is 0 Å². The van der Waals surface area contributed by atoms with Gasteiger partial charge in [0, 0.05) is 5.56 Å². The molecule has 0 aliphatic heterocycles. The molecular formula is C16H17NO4. The molecule has 0 aliphatic carbocycles. The lowest BCUT2D eigenvalue weighted by molar-refractivity contribution is 0.0316. The van der Waals surface area contributed by atoms with Crippen molar-refractivity contribution in [1.82, 2.24) is 5.16 Å². The van der Waals surface area contributed by atoms with E-state index < -0.39 is 12.1 Å². The van der Waals surface area contributed by atoms with Gasteiger partial charge in [-0.05, 0) is 27.7 Å². The second-order valence-electron chi connectivity index (χ2n) is 4.98. The van der Waals surface area contributed by atoms with Crippen LogP contribution in [0.15, 0.2) is 28.8 Å². The second kappa shape index (κ2) is 5.91. The molecule has 110 valence electrons. The topological polar surface area (TPSA) is 69.4 Å². The molecule has 0 bridgehead atoms. The quantitative estimate of drug-likeness (QED) is 0.638. The number of ether oxygens (including phenoxy) is 1. The van der Waals surface area contributed by atoms with Gasteiger partial charge in [0.05, 0.1) is 5.69 Å². The molecule has 1 unspecified atom stereocenters. The number of rotatable bonds is 4. The van der Waals surface area contributed by atoms with E-state index in [9.17, 15) is 9.59 Å². The fraction of sp³-hybridized carbons (Fsp3) is 0.312. The van der Waals surface area contributed by atoms with Gasteiger partial charge in [0.25, 0.3) is 0 Å². The Hall–Kier alpha value is -2.43. The Balaban J connectivity index is 2.11. The third kappa shape index (κ3) is 3.18. The molecule has 1 aromatic heterocycles. The highest BCUT2D eigenvalue weighted by molar-refractivity contribution is 6.01. The van der Waals surface area contributed by atoms with E-state index in [-0.39, 0.29) is 11.3 Å². The highest BCUT2D eigenvalue weighted by Gasteiger charge is 2.24. The van der Waals surface area contributed by atoms with Crippen molar-refractivity contribution in [3.63, 3.8) is 0 Å². The minimum absolute atomic E-state index is 0.241. The predicted molar refractivity (Wildman–Crippen MR) is 76.4 cm³/mol. The Morgan fingerprint density at radius 1 is 1.14 bits per heavy atom. The van der Waals surface area contributed by atoms with Crippen LogP contribution in [0.1, 0.15) is 44.7 Å². The van der Waals surface area contributed by atoms with Crippen molar-refractivity contribution in [2.45, 2.75) is 33.8 Å². The SMILES string of the molecule is Cc1ccc(C(=O)C(C)OC(=O)c2c(C)noc2C)cc1. The van der Waals surface area contributed by atoms with E-state index in [4.69, 9.17) is 9.26 Å². The molecule has 0 N–H and O–H groups in total. The van der Waals surface area contributed by atoms with E-state index >= 15 is 0 Å². The van der Waals surface area contributed by atoms with Gasteiger partial charge >= 0.3 is 5.97 Å². The standard InChI is InChI=1S/C16H17NO4/c1-9-5-7-13(8-6-9)15(18)12(4)20-16(19)14-10(2)17-21-11(14)3/h5-8,12H,1-4H3. The van der Waals surface area contributed by atoms with Crippen LogP contribution in [0.25, 0.3) is 0 Å². The maximum Gasteiger partial charge on any atom is 0.344 e. The smallest absolute Gasteiger partial charge is 0.344 e. The average Bonchev–Trinajstić information content (AvgIpc) is 2.78. The molecule has 1 aromatic carbocycles. The molecule has 21 heavy (non-hydrogen) atoms. The van der Waals surface area contributed by atoms with Crippen molar-refractivity contribution in [3.8, 4) is 0 Å². The summed E-state index contributed by atoms with van der Waals surface area (Å²) in [7, 11) is 0. The number of carbonyl (C=O) groups excluding carboxylic acids is 2. The monoisotopic (exact) mass is 287 g/mol. The maximum atomic E-state index is 12.2. The summed E-state index contributed by atoms with van der Waals surface area (Å²) in [5, 5.41) is 3.70. The summed E-state index contributed by atoms with van der Waals surface area (Å²) < 4.78 is 10.1. The third-order valence-corrected chi connectivity index (χ3v) is 3.23. The summed E-state index contributed by atoms with van der Waals surface area (Å²) in [5.41, 5.74) is 2.30. The number of hydrogen-bond donors (Lipinski definition) is 0. The van der Waals surface area contributed by atoms with E-state index in [1.165, 1.54) is 0 Å². The largest absolute Gasteiger partial charge is 0.451 e. The van der Waals surface area contributed by atoms with Crippen LogP contribution in [-0.2, 0) is 4.74 Å². The van der Waals surface area contributed by atoms with Gasteiger partial charge in [0.15, 0.2) is 6.10 Å². The van der Waals surface area contributed by atoms with Gasteiger partial charge in [-0.25, -0.2) is 4.79 Å². The van der Waals surface area contributed by atoms with Gasteiger partial charge in [-0.3, -0.25) is 4.79 Å². The Bertz CT molecular complexity index is 651. The van der Waals surface area contributed by atoms with Gasteiger partial charge in [-0.2, -0.15) is 0 Å². The zero-order valence-electron chi connectivity index (χ0n) is 12.5. The van der Waals surface area contributed by atoms with Crippen LogP contribution in [0.3, 0.4) is 0 Å². The molecule has 0 saturated heterocycles. The molecule has 0 saturated carbocycles. The van der Waals surface area contributed by atoms with Crippen LogP contribution in [0, 0.1) is 20.8 Å². The third-order valence-electron chi connectivity index (χ3n) is 3.23. The van der Waals surface area contributed by atoms with Crippen molar-refractivity contribution in [2.75, 3.05) is 0 Å². The molecule has 0 radical (unpaired) electrons. The molecule has 5 nitrogen and oxygen atoms in total. The lowest BCUT2D eigenvalue weighted by Gasteiger charge is -2.12. The lowest BCUT2D eigenvalue weighted by Crippen LogP contribution is -2.24. The fourth-order valence-electron chi connectivity index (χ4n) is 2.00. The van der Waals surface area contributed by atoms with E-state index in [2.05, 4.69) is 5.16 Å². The summed E-state index contributed by atoms with van der Waals surface area (Å²) in [6.45, 7) is 6.77. The molecule has 5 heteroatoms. The number of esters is 1. The average molecular weight is 287 g/mol. The van der Waals surface area contributed by atoms with Gasteiger partial charge < -0.3 is 9.26 Å². The number of nitrogens with zero attached hydrogens (tertiary/aromatic N) is 1. The van der Waals surface area contributed by atoms with Crippen molar-refractivity contribution in [1.29, 1.82) is 0 Å². The molecule has 2 rings (SSSR count). The number of carbonyl (C=O) groups is 2. The molecule has 2 aromatic rings. The Morgan fingerprint density at radius 2 is 1.76 bits per heavy atom. The van der Waals surface area contributed by atoms with E-state index in [0.717, 1.165) is 5.56 Å². The summed E-state index contributed by atoms with van der Waals surface area (Å²) in [5.74, 6) is -0.457. The summed E-state index contributed by atoms with van der Waals surface area (Å²) in [6.07, 6.45) is -0.867. The number of hydrogen-bond acceptors (Lipinski definition) is 5. The number of aromatic nitrogens is 1. The van der Waals surface area contributed by atoms with Crippen LogP contribution in [0.2, 0.25) is 0 Å². The zero-order valence-corrected chi connectivity index (χ0v) is 12.5. The van der Waals surface area contributed by atoms with Gasteiger partial charge in [0.1, 0.15) is 11.3 Å². The number of ketones is 1. The summed E-state index contributed by atoms with van der Waals surface area (Å²) in [6, 6.07) is 7.13. The zero-order chi connectivity index (χ0) is 15.6. The van der Waals surface area contributed by atoms with E-state index in [1.54, 1.807) is 32.9 Å². The fourth-order valence-corrected chi connectivity index (χ4v) is 2.00. The Labute approximate surface area is 122 Å². The molecule has 0 fully saturated rings. The first-order valence-electron chi connectivity index (χ1n) is 6.65. The predicted octanol–water partition coefficient (Wildman–Crippen LogP) is 3.03. The molecule has 1 heterocycles. The molecule has 1 atom stereocenters. The highest BCUT2D eigenvalue weighted by Crippen LogP contribution is 2.16. The van der Waals surface area contributed by atoms with Gasteiger partial charge in [-0.15, -0.1) is 0 Å². The number of aryl methyl sites for hydroxylation is 3. The minimum atomic E-state index is -0.867. The van der Waals surface area contributed by atoms with E-state index in [1.807, 2.05) is 19.1 Å². The Kier molecular flexibility index (Phi) is 4.21. The molecule has 0 amide bonds. The normalized spacial score (nSPS) is 12.0. The first kappa shape index (κ1) is 15.0. The van der Waals surface area contributed by atoms with Crippen molar-refractivity contribution in [2.24, 2.45) is 0 Å². The lowest BCUT2D eigenvalue weighted by atomic mass is 10.1. The number of Topliss-reactive ketones (excluding diaryl/α,β-unsaturated/α-hetero) is 1. The van der Waals surface area contributed by atoms with Crippen molar-refractivity contribution < 1.29 is 18.8 Å². The minimum Gasteiger partial charge on any atom is -0.451 e. The van der Waals surface area contributed by atoms with Crippen molar-refractivity contribution in [3.05, 3.63) is 52.4 Å². The van der Waals surface area contributed by atoms with Crippen molar-refractivity contribution >= 4 is 11.8 Å². The Morgan fingerprint density at radius 3 is 2.29 bits per heavy atom. The van der Waals surface area contributed by atoms with Crippen LogP contribution >= 0.6 is 0 Å². The van der Waals surface area contributed by atoms with Crippen LogP contribution in [0.4, 0.5) is 0 Å². The van der Waals surface area contributed by atoms with Crippen LogP contribution in [0.5, 0.6) is 0 Å². The van der Waals surface area contributed by atoms with Gasteiger partial charge in [0.2, 0.25) is 5.78 Å². The van der Waals surface area contributed by atoms with E-state index in [0.29, 0.717) is 17.0 Å². The molecular weight excluding hydrogens is 270 g/mol. The van der Waals surface area contributed by atoms with Gasteiger partial charge in [-0.1, -0.05) is 35.0 Å². The first-order chi connectivity index (χ1) is 9.90. The summed E-state index contributed by atoms with van der Waals surface area (Å²) >= 11 is 0. The molecule has 0 spiro atoms. The maximum absolute atomic E-state index is 12.2. The summed E-state index contributed by atoms with van der Waals surface area (Å²) in [4.78, 5) is 24.3. The van der Waals surface area contributed by atoms with Crippen LogP contribution in [-0.4, -0.2) is 23.0 Å². The molecule has 0 aliphatic rings. The highest BCUT2D eigenvalue weighted by atomic mass is 16.5. The second-order valence-corrected chi connectivity index (χ2v) is 4.98.